The Morgan fingerprint density at radius 2 is 1.70 bits per heavy atom. The Kier molecular flexibility index (Phi) is 3.11. The van der Waals surface area contributed by atoms with Crippen LogP contribution >= 0.6 is 23.2 Å². The molecule has 2 nitrogen and oxygen atoms in total. The van der Waals surface area contributed by atoms with Crippen LogP contribution in [0.3, 0.4) is 0 Å². The molecule has 0 saturated heterocycles. The predicted octanol–water partition coefficient (Wildman–Crippen LogP) is 1.91. The molecule has 58 valence electrons. The summed E-state index contributed by atoms with van der Waals surface area (Å²) < 4.78 is 32.8. The van der Waals surface area contributed by atoms with E-state index in [0.29, 0.717) is 0 Å². The summed E-state index contributed by atoms with van der Waals surface area (Å²) >= 11 is 9.35. The van der Waals surface area contributed by atoms with Gasteiger partial charge in [-0.15, -0.1) is 0 Å². The second-order valence-electron chi connectivity index (χ2n) is 1.16. The molecule has 0 aliphatic heterocycles. The normalized spacial score (nSPS) is 10.9. The van der Waals surface area contributed by atoms with E-state index in [1.807, 2.05) is 0 Å². The summed E-state index contributed by atoms with van der Waals surface area (Å²) in [7, 11) is 0. The highest BCUT2D eigenvalue weighted by molar-refractivity contribution is 6.95. The molecular formula is C3Cl2F3NO. The lowest BCUT2D eigenvalue weighted by atomic mass is 10.6. The summed E-state index contributed by atoms with van der Waals surface area (Å²) in [5.74, 6) is -2.31. The maximum absolute atomic E-state index is 11.2. The third-order valence-corrected chi connectivity index (χ3v) is 0.598. The first-order valence-electron chi connectivity index (χ1n) is 1.85. The molecule has 0 N–H and O–H groups in total. The molecule has 0 fully saturated rings. The zero-order valence-electron chi connectivity index (χ0n) is 4.25. The fraction of sp³-hybridized carbons (Fsp3) is 0.333. The molecule has 0 aliphatic carbocycles. The molecule has 0 aromatic rings. The van der Waals surface area contributed by atoms with E-state index in [0.717, 1.165) is 0 Å². The molecule has 0 aliphatic rings. The average molecular weight is 194 g/mol. The van der Waals surface area contributed by atoms with E-state index >= 15 is 0 Å². The number of alkyl halides is 3. The molecule has 0 atom stereocenters. The number of rotatable bonds is 0. The van der Waals surface area contributed by atoms with E-state index in [1.165, 1.54) is 0 Å². The minimum absolute atomic E-state index is 0.956. The third-order valence-electron chi connectivity index (χ3n) is 0.429. The SMILES string of the molecule is O=C(N=C(Cl)Cl)C(F)(F)F. The van der Waals surface area contributed by atoms with Crippen LogP contribution in [0.25, 0.3) is 0 Å². The molecule has 0 unspecified atom stereocenters. The van der Waals surface area contributed by atoms with Gasteiger partial charge in [0.1, 0.15) is 0 Å². The van der Waals surface area contributed by atoms with Crippen LogP contribution in [0.5, 0.6) is 0 Å². The number of amides is 1. The van der Waals surface area contributed by atoms with Gasteiger partial charge in [0.2, 0.25) is 0 Å². The van der Waals surface area contributed by atoms with Gasteiger partial charge in [-0.1, -0.05) is 0 Å². The molecular weight excluding hydrogens is 194 g/mol. The van der Waals surface area contributed by atoms with Gasteiger partial charge in [0.25, 0.3) is 0 Å². The van der Waals surface area contributed by atoms with E-state index < -0.39 is 16.7 Å². The second kappa shape index (κ2) is 3.21. The van der Waals surface area contributed by atoms with Crippen LogP contribution in [-0.4, -0.2) is 16.7 Å². The zero-order valence-corrected chi connectivity index (χ0v) is 5.76. The van der Waals surface area contributed by atoms with Crippen LogP contribution in [0.15, 0.2) is 4.99 Å². The van der Waals surface area contributed by atoms with Crippen molar-refractivity contribution in [1.82, 2.24) is 0 Å². The number of hydrogen-bond acceptors (Lipinski definition) is 1. The lowest BCUT2D eigenvalue weighted by Crippen LogP contribution is -2.20. The lowest BCUT2D eigenvalue weighted by Gasteiger charge is -1.97. The number of hydrogen-bond donors (Lipinski definition) is 0. The molecule has 0 heterocycles. The van der Waals surface area contributed by atoms with Crippen LogP contribution in [0.2, 0.25) is 0 Å². The highest BCUT2D eigenvalue weighted by atomic mass is 35.5. The summed E-state index contributed by atoms with van der Waals surface area (Å²) in [6, 6.07) is 0. The van der Waals surface area contributed by atoms with Crippen molar-refractivity contribution in [3.05, 3.63) is 0 Å². The fourth-order valence-corrected chi connectivity index (χ4v) is 0.294. The van der Waals surface area contributed by atoms with Crippen molar-refractivity contribution < 1.29 is 18.0 Å². The second-order valence-corrected chi connectivity index (χ2v) is 2.06. The van der Waals surface area contributed by atoms with Gasteiger partial charge >= 0.3 is 12.1 Å². The minimum atomic E-state index is -5.00. The van der Waals surface area contributed by atoms with Crippen LogP contribution in [0.1, 0.15) is 0 Å². The van der Waals surface area contributed by atoms with Crippen molar-refractivity contribution in [3.63, 3.8) is 0 Å². The number of carbonyl (C=O) groups is 1. The molecule has 7 heteroatoms. The first-order valence-corrected chi connectivity index (χ1v) is 2.60. The van der Waals surface area contributed by atoms with Crippen LogP contribution in [0.4, 0.5) is 13.2 Å². The molecule has 10 heavy (non-hydrogen) atoms. The van der Waals surface area contributed by atoms with Crippen LogP contribution in [0, 0.1) is 0 Å². The van der Waals surface area contributed by atoms with Crippen molar-refractivity contribution in [3.8, 4) is 0 Å². The van der Waals surface area contributed by atoms with Crippen LogP contribution < -0.4 is 0 Å². The predicted molar refractivity (Wildman–Crippen MR) is 30.2 cm³/mol. The van der Waals surface area contributed by atoms with Gasteiger partial charge in [0.05, 0.1) is 0 Å². The summed E-state index contributed by atoms with van der Waals surface area (Å²) in [5, 5.41) is 0. The van der Waals surface area contributed by atoms with Crippen molar-refractivity contribution in [2.75, 3.05) is 0 Å². The van der Waals surface area contributed by atoms with Gasteiger partial charge in [-0.25, -0.2) is 0 Å². The summed E-state index contributed by atoms with van der Waals surface area (Å²) in [6.45, 7) is 0. The Balaban J connectivity index is 4.27. The fourth-order valence-electron chi connectivity index (χ4n) is 0.140. The number of halogens is 5. The van der Waals surface area contributed by atoms with Gasteiger partial charge in [-0.05, 0) is 23.2 Å². The van der Waals surface area contributed by atoms with Gasteiger partial charge in [0, 0.05) is 0 Å². The van der Waals surface area contributed by atoms with Crippen molar-refractivity contribution in [2.45, 2.75) is 6.18 Å². The Morgan fingerprint density at radius 3 is 1.80 bits per heavy atom. The molecule has 1 amide bonds. The van der Waals surface area contributed by atoms with E-state index in [4.69, 9.17) is 0 Å². The standard InChI is InChI=1S/C3Cl2F3NO/c4-2(5)9-1(10)3(6,7)8. The number of aliphatic imine (C=N–C) groups is 1. The van der Waals surface area contributed by atoms with Crippen molar-refractivity contribution >= 4 is 33.7 Å². The molecule has 0 aromatic carbocycles. The molecule has 0 bridgehead atoms. The Morgan fingerprint density at radius 1 is 1.30 bits per heavy atom. The van der Waals surface area contributed by atoms with E-state index in [-0.39, 0.29) is 0 Å². The van der Waals surface area contributed by atoms with Crippen molar-refractivity contribution in [1.29, 1.82) is 0 Å². The van der Waals surface area contributed by atoms with E-state index in [2.05, 4.69) is 28.2 Å². The van der Waals surface area contributed by atoms with Gasteiger partial charge in [-0.3, -0.25) is 4.79 Å². The van der Waals surface area contributed by atoms with E-state index in [1.54, 1.807) is 0 Å². The lowest BCUT2D eigenvalue weighted by molar-refractivity contribution is -0.169. The van der Waals surface area contributed by atoms with Crippen molar-refractivity contribution in [2.24, 2.45) is 4.99 Å². The topological polar surface area (TPSA) is 29.4 Å². The number of nitrogens with zero attached hydrogens (tertiary/aromatic N) is 1. The van der Waals surface area contributed by atoms with Crippen LogP contribution in [-0.2, 0) is 4.79 Å². The monoisotopic (exact) mass is 193 g/mol. The summed E-state index contributed by atoms with van der Waals surface area (Å²) in [5.41, 5.74) is 0. The maximum atomic E-state index is 11.2. The molecule has 0 aromatic heterocycles. The number of carbonyl (C=O) groups excluding carboxylic acids is 1. The smallest absolute Gasteiger partial charge is 0.262 e. The molecule has 0 saturated carbocycles. The molecule has 0 radical (unpaired) electrons. The Labute approximate surface area is 63.6 Å². The Hall–Kier alpha value is -0.290. The average Bonchev–Trinajstić information content (AvgIpc) is 1.60. The van der Waals surface area contributed by atoms with Gasteiger partial charge < -0.3 is 0 Å². The van der Waals surface area contributed by atoms with E-state index in [9.17, 15) is 18.0 Å². The van der Waals surface area contributed by atoms with Gasteiger partial charge in [0.15, 0.2) is 4.63 Å². The molecule has 0 rings (SSSR count). The molecule has 0 spiro atoms. The highest BCUT2D eigenvalue weighted by Crippen LogP contribution is 2.16. The third kappa shape index (κ3) is 3.68. The Bertz CT molecular complexity index is 171. The zero-order chi connectivity index (χ0) is 8.36. The summed E-state index contributed by atoms with van der Waals surface area (Å²) in [4.78, 5) is 12.0. The maximum Gasteiger partial charge on any atom is 0.473 e. The van der Waals surface area contributed by atoms with Gasteiger partial charge in [-0.2, -0.15) is 18.2 Å². The minimum Gasteiger partial charge on any atom is -0.262 e. The highest BCUT2D eigenvalue weighted by Gasteiger charge is 2.38. The largest absolute Gasteiger partial charge is 0.473 e. The summed E-state index contributed by atoms with van der Waals surface area (Å²) in [6.07, 6.45) is -5.00. The first-order chi connectivity index (χ1) is 4.34. The quantitative estimate of drug-likeness (QED) is 0.541. The first kappa shape index (κ1) is 9.71.